The average molecular weight is 577 g/mol. The van der Waals surface area contributed by atoms with Crippen molar-refractivity contribution in [2.24, 2.45) is 0 Å². The van der Waals surface area contributed by atoms with Crippen molar-refractivity contribution in [3.63, 3.8) is 0 Å². The number of hydrogen-bond acceptors (Lipinski definition) is 4. The zero-order valence-corrected chi connectivity index (χ0v) is 23.9. The zero-order valence-electron chi connectivity index (χ0n) is 20.9. The molecule has 7 nitrogen and oxygen atoms in total. The standard InChI is InChI=1S/C25H32Cl3N3O4S/c1-5-7-12-29-25(33)22(6-2)30(15-18-9-11-19(26)13-21(18)28)24(32)16-31(36(4,34)35)23-14-20(27)10-8-17(23)3/h8-11,13-14,22H,5-7,12,15-16H2,1-4H3,(H,29,33)/t22-/m1/s1. The van der Waals surface area contributed by atoms with E-state index in [2.05, 4.69) is 5.32 Å². The van der Waals surface area contributed by atoms with Gasteiger partial charge in [0.25, 0.3) is 0 Å². The van der Waals surface area contributed by atoms with Crippen molar-refractivity contribution in [1.82, 2.24) is 10.2 Å². The highest BCUT2D eigenvalue weighted by Gasteiger charge is 2.32. The van der Waals surface area contributed by atoms with E-state index in [1.54, 1.807) is 44.2 Å². The Bertz CT molecular complexity index is 1190. The normalized spacial score (nSPS) is 12.2. The number of anilines is 1. The Labute approximate surface area is 228 Å². The van der Waals surface area contributed by atoms with Crippen molar-refractivity contribution >= 4 is 62.3 Å². The van der Waals surface area contributed by atoms with Gasteiger partial charge in [0.1, 0.15) is 12.6 Å². The molecule has 0 saturated heterocycles. The second kappa shape index (κ2) is 13.5. The molecule has 1 atom stereocenters. The van der Waals surface area contributed by atoms with Gasteiger partial charge in [0.15, 0.2) is 0 Å². The predicted molar refractivity (Wildman–Crippen MR) is 147 cm³/mol. The van der Waals surface area contributed by atoms with Crippen LogP contribution in [0, 0.1) is 6.92 Å². The lowest BCUT2D eigenvalue weighted by atomic mass is 10.1. The molecule has 0 unspecified atom stereocenters. The molecule has 0 bridgehead atoms. The Balaban J connectivity index is 2.48. The summed E-state index contributed by atoms with van der Waals surface area (Å²) in [5.41, 5.74) is 1.51. The Morgan fingerprint density at radius 1 is 1.03 bits per heavy atom. The van der Waals surface area contributed by atoms with Gasteiger partial charge in [-0.1, -0.05) is 67.2 Å². The Morgan fingerprint density at radius 2 is 1.67 bits per heavy atom. The van der Waals surface area contributed by atoms with Crippen LogP contribution in [0.3, 0.4) is 0 Å². The second-order valence-electron chi connectivity index (χ2n) is 8.53. The van der Waals surface area contributed by atoms with E-state index in [4.69, 9.17) is 34.8 Å². The third-order valence-electron chi connectivity index (χ3n) is 5.69. The number of halogens is 3. The number of hydrogen-bond donors (Lipinski definition) is 1. The van der Waals surface area contributed by atoms with Gasteiger partial charge in [-0.3, -0.25) is 13.9 Å². The molecule has 11 heteroatoms. The van der Waals surface area contributed by atoms with Crippen molar-refractivity contribution in [3.05, 3.63) is 62.6 Å². The summed E-state index contributed by atoms with van der Waals surface area (Å²) in [6, 6.07) is 8.88. The molecule has 0 radical (unpaired) electrons. The number of unbranched alkanes of at least 4 members (excludes halogenated alkanes) is 1. The van der Waals surface area contributed by atoms with E-state index >= 15 is 0 Å². The van der Waals surface area contributed by atoms with Crippen LogP contribution in [0.4, 0.5) is 5.69 Å². The maximum atomic E-state index is 13.7. The molecule has 0 aromatic heterocycles. The van der Waals surface area contributed by atoms with Crippen molar-refractivity contribution < 1.29 is 18.0 Å². The fourth-order valence-corrected chi connectivity index (χ4v) is 5.24. The van der Waals surface area contributed by atoms with Gasteiger partial charge in [0, 0.05) is 28.2 Å². The molecule has 0 fully saturated rings. The number of carbonyl (C=O) groups excluding carboxylic acids is 2. The van der Waals surface area contributed by atoms with Crippen LogP contribution in [0.15, 0.2) is 36.4 Å². The number of amides is 2. The number of rotatable bonds is 12. The van der Waals surface area contributed by atoms with Crippen molar-refractivity contribution in [2.45, 2.75) is 52.6 Å². The molecular weight excluding hydrogens is 545 g/mol. The number of carbonyl (C=O) groups is 2. The van der Waals surface area contributed by atoms with E-state index < -0.39 is 28.5 Å². The van der Waals surface area contributed by atoms with Gasteiger partial charge in [0.05, 0.1) is 11.9 Å². The molecule has 2 aromatic rings. The van der Waals surface area contributed by atoms with Gasteiger partial charge in [0.2, 0.25) is 21.8 Å². The number of aryl methyl sites for hydroxylation is 1. The molecule has 0 aliphatic carbocycles. The molecule has 1 N–H and O–H groups in total. The quantitative estimate of drug-likeness (QED) is 0.341. The van der Waals surface area contributed by atoms with Crippen molar-refractivity contribution in [3.8, 4) is 0 Å². The third kappa shape index (κ3) is 8.26. The monoisotopic (exact) mass is 575 g/mol. The van der Waals surface area contributed by atoms with E-state index in [0.29, 0.717) is 44.8 Å². The molecular formula is C25H32Cl3N3O4S. The van der Waals surface area contributed by atoms with Gasteiger partial charge >= 0.3 is 0 Å². The highest BCUT2D eigenvalue weighted by Crippen LogP contribution is 2.28. The zero-order chi connectivity index (χ0) is 27.0. The lowest BCUT2D eigenvalue weighted by Crippen LogP contribution is -2.52. The highest BCUT2D eigenvalue weighted by atomic mass is 35.5. The van der Waals surface area contributed by atoms with Crippen LogP contribution in [0.5, 0.6) is 0 Å². The fourth-order valence-electron chi connectivity index (χ4n) is 3.71. The van der Waals surface area contributed by atoms with Gasteiger partial charge in [-0.05, 0) is 55.2 Å². The largest absolute Gasteiger partial charge is 0.354 e. The summed E-state index contributed by atoms with van der Waals surface area (Å²) in [6.45, 7) is 5.51. The summed E-state index contributed by atoms with van der Waals surface area (Å²) in [6.07, 6.45) is 3.05. The SMILES string of the molecule is CCCCNC(=O)[C@@H](CC)N(Cc1ccc(Cl)cc1Cl)C(=O)CN(c1cc(Cl)ccc1C)S(C)(=O)=O. The first-order valence-electron chi connectivity index (χ1n) is 11.6. The van der Waals surface area contributed by atoms with Crippen LogP contribution in [0.1, 0.15) is 44.2 Å². The predicted octanol–water partition coefficient (Wildman–Crippen LogP) is 5.44. The molecule has 0 spiro atoms. The number of benzene rings is 2. The van der Waals surface area contributed by atoms with E-state index in [1.165, 1.54) is 11.0 Å². The summed E-state index contributed by atoms with van der Waals surface area (Å²) in [7, 11) is -3.86. The minimum absolute atomic E-state index is 0.000665. The Morgan fingerprint density at radius 3 is 2.25 bits per heavy atom. The molecule has 0 heterocycles. The van der Waals surface area contributed by atoms with Crippen molar-refractivity contribution in [1.29, 1.82) is 0 Å². The van der Waals surface area contributed by atoms with Gasteiger partial charge in [-0.15, -0.1) is 0 Å². The summed E-state index contributed by atoms with van der Waals surface area (Å²) < 4.78 is 26.5. The van der Waals surface area contributed by atoms with Crippen LogP contribution < -0.4 is 9.62 Å². The first-order valence-corrected chi connectivity index (χ1v) is 14.6. The Hall–Kier alpha value is -2.00. The number of nitrogens with one attached hydrogen (secondary N) is 1. The van der Waals surface area contributed by atoms with Crippen molar-refractivity contribution in [2.75, 3.05) is 23.7 Å². The van der Waals surface area contributed by atoms with E-state index in [0.717, 1.165) is 23.4 Å². The number of sulfonamides is 1. The molecule has 36 heavy (non-hydrogen) atoms. The highest BCUT2D eigenvalue weighted by molar-refractivity contribution is 7.92. The lowest BCUT2D eigenvalue weighted by molar-refractivity contribution is -0.140. The maximum Gasteiger partial charge on any atom is 0.244 e. The van der Waals surface area contributed by atoms with Crippen LogP contribution in [-0.4, -0.2) is 50.5 Å². The second-order valence-corrected chi connectivity index (χ2v) is 11.7. The smallest absolute Gasteiger partial charge is 0.244 e. The average Bonchev–Trinajstić information content (AvgIpc) is 2.79. The maximum absolute atomic E-state index is 13.7. The van der Waals surface area contributed by atoms with Crippen LogP contribution in [0.25, 0.3) is 0 Å². The molecule has 198 valence electrons. The van der Waals surface area contributed by atoms with E-state index in [9.17, 15) is 18.0 Å². The summed E-state index contributed by atoms with van der Waals surface area (Å²) in [5.74, 6) is -0.863. The van der Waals surface area contributed by atoms with Crippen LogP contribution in [-0.2, 0) is 26.2 Å². The molecule has 2 aromatic carbocycles. The Kier molecular flexibility index (Phi) is 11.3. The van der Waals surface area contributed by atoms with Gasteiger partial charge in [-0.25, -0.2) is 8.42 Å². The van der Waals surface area contributed by atoms with Gasteiger partial charge in [-0.2, -0.15) is 0 Å². The fraction of sp³-hybridized carbons (Fsp3) is 0.440. The topological polar surface area (TPSA) is 86.8 Å². The third-order valence-corrected chi connectivity index (χ3v) is 7.64. The summed E-state index contributed by atoms with van der Waals surface area (Å²) in [5, 5.41) is 3.99. The molecule has 2 amide bonds. The molecule has 0 saturated carbocycles. The summed E-state index contributed by atoms with van der Waals surface area (Å²) in [4.78, 5) is 28.2. The van der Waals surface area contributed by atoms with Gasteiger partial charge < -0.3 is 10.2 Å². The lowest BCUT2D eigenvalue weighted by Gasteiger charge is -2.33. The molecule has 2 rings (SSSR count). The minimum Gasteiger partial charge on any atom is -0.354 e. The first kappa shape index (κ1) is 30.2. The van der Waals surface area contributed by atoms with Crippen LogP contribution in [0.2, 0.25) is 15.1 Å². The summed E-state index contributed by atoms with van der Waals surface area (Å²) >= 11 is 18.5. The minimum atomic E-state index is -3.86. The first-order chi connectivity index (χ1) is 16.9. The van der Waals surface area contributed by atoms with E-state index in [1.807, 2.05) is 6.92 Å². The molecule has 0 aliphatic rings. The number of nitrogens with zero attached hydrogens (tertiary/aromatic N) is 2. The van der Waals surface area contributed by atoms with Crippen LogP contribution >= 0.6 is 34.8 Å². The molecule has 0 aliphatic heterocycles. The van der Waals surface area contributed by atoms with E-state index in [-0.39, 0.29) is 12.5 Å².